The normalized spacial score (nSPS) is 14.2. The zero-order valence-electron chi connectivity index (χ0n) is 13.2. The summed E-state index contributed by atoms with van der Waals surface area (Å²) >= 11 is 1.80. The molecule has 0 radical (unpaired) electrons. The van der Waals surface area contributed by atoms with Crippen LogP contribution in [0, 0.1) is 0 Å². The van der Waals surface area contributed by atoms with Crippen LogP contribution in [0.25, 0.3) is 10.1 Å². The minimum atomic E-state index is -0.880. The number of aromatic nitrogens is 1. The molecule has 0 spiro atoms. The fraction of sp³-hybridized carbons (Fsp3) is 0.263. The quantitative estimate of drug-likeness (QED) is 0.708. The van der Waals surface area contributed by atoms with Gasteiger partial charge < -0.3 is 10.4 Å². The van der Waals surface area contributed by atoms with Crippen molar-refractivity contribution in [3.05, 3.63) is 64.3 Å². The zero-order chi connectivity index (χ0) is 16.5. The molecule has 0 amide bonds. The number of carboxylic acid groups (broad SMARTS) is 1. The summed E-state index contributed by atoms with van der Waals surface area (Å²) in [5, 5.41) is 14.0. The van der Waals surface area contributed by atoms with E-state index in [9.17, 15) is 9.90 Å². The zero-order valence-corrected chi connectivity index (χ0v) is 14.0. The Labute approximate surface area is 144 Å². The minimum Gasteiger partial charge on any atom is -0.478 e. The van der Waals surface area contributed by atoms with E-state index in [2.05, 4.69) is 40.6 Å². The van der Waals surface area contributed by atoms with Crippen molar-refractivity contribution in [2.75, 3.05) is 0 Å². The minimum absolute atomic E-state index is 0.332. The van der Waals surface area contributed by atoms with E-state index in [4.69, 9.17) is 0 Å². The first-order valence-corrected chi connectivity index (χ1v) is 8.93. The summed E-state index contributed by atoms with van der Waals surface area (Å²) in [6.07, 6.45) is 2.10. The van der Waals surface area contributed by atoms with Crippen LogP contribution in [0.15, 0.2) is 42.5 Å². The lowest BCUT2D eigenvalue weighted by atomic mass is 10.1. The van der Waals surface area contributed by atoms with E-state index in [1.54, 1.807) is 17.4 Å². The van der Waals surface area contributed by atoms with Crippen LogP contribution in [0.5, 0.6) is 0 Å². The lowest BCUT2D eigenvalue weighted by Crippen LogP contribution is -2.14. The Morgan fingerprint density at radius 2 is 2.04 bits per heavy atom. The van der Waals surface area contributed by atoms with Crippen molar-refractivity contribution >= 4 is 27.4 Å². The molecule has 24 heavy (non-hydrogen) atoms. The molecule has 0 saturated heterocycles. The largest absolute Gasteiger partial charge is 0.478 e. The molecule has 1 aromatic carbocycles. The van der Waals surface area contributed by atoms with E-state index < -0.39 is 5.97 Å². The van der Waals surface area contributed by atoms with Crippen LogP contribution in [0.2, 0.25) is 0 Å². The fourth-order valence-corrected chi connectivity index (χ4v) is 3.94. The van der Waals surface area contributed by atoms with E-state index in [1.165, 1.54) is 15.0 Å². The van der Waals surface area contributed by atoms with Crippen LogP contribution in [0.3, 0.4) is 0 Å². The molecule has 122 valence electrons. The van der Waals surface area contributed by atoms with Gasteiger partial charge in [0.25, 0.3) is 0 Å². The number of carboxylic acids is 1. The highest BCUT2D eigenvalue weighted by Crippen LogP contribution is 2.40. The van der Waals surface area contributed by atoms with E-state index in [-0.39, 0.29) is 0 Å². The van der Waals surface area contributed by atoms with Crippen LogP contribution in [-0.2, 0) is 13.1 Å². The molecule has 2 N–H and O–H groups in total. The van der Waals surface area contributed by atoms with Crippen molar-refractivity contribution in [3.63, 3.8) is 0 Å². The topological polar surface area (TPSA) is 62.2 Å². The Kier molecular flexibility index (Phi) is 4.04. The monoisotopic (exact) mass is 338 g/mol. The standard InChI is InChI=1S/C19H18N2O2S/c22-19(23)16-8-7-14(21-18(16)12-5-6-12)10-20-11-15-9-13-3-1-2-4-17(13)24-15/h1-4,7-9,12,20H,5-6,10-11H2,(H,22,23). The highest BCUT2D eigenvalue weighted by atomic mass is 32.1. The second-order valence-corrected chi connectivity index (χ2v) is 7.34. The molecule has 1 aliphatic carbocycles. The molecule has 5 heteroatoms. The molecule has 1 fully saturated rings. The number of thiophene rings is 1. The van der Waals surface area contributed by atoms with Gasteiger partial charge in [0, 0.05) is 28.6 Å². The Hall–Kier alpha value is -2.24. The van der Waals surface area contributed by atoms with Crippen molar-refractivity contribution < 1.29 is 9.90 Å². The molecule has 4 nitrogen and oxygen atoms in total. The van der Waals surface area contributed by atoms with E-state index in [0.717, 1.165) is 30.8 Å². The van der Waals surface area contributed by atoms with Crippen molar-refractivity contribution in [2.45, 2.75) is 31.8 Å². The maximum absolute atomic E-state index is 11.3. The maximum atomic E-state index is 11.3. The van der Waals surface area contributed by atoms with E-state index in [0.29, 0.717) is 18.0 Å². The highest BCUT2D eigenvalue weighted by Gasteiger charge is 2.29. The van der Waals surface area contributed by atoms with Crippen molar-refractivity contribution in [1.82, 2.24) is 10.3 Å². The van der Waals surface area contributed by atoms with Gasteiger partial charge in [-0.3, -0.25) is 4.98 Å². The number of nitrogens with one attached hydrogen (secondary N) is 1. The van der Waals surface area contributed by atoms with Gasteiger partial charge in [0.15, 0.2) is 0 Å². The van der Waals surface area contributed by atoms with Crippen molar-refractivity contribution in [3.8, 4) is 0 Å². The molecule has 4 rings (SSSR count). The average molecular weight is 338 g/mol. The number of benzene rings is 1. The summed E-state index contributed by atoms with van der Waals surface area (Å²) in [4.78, 5) is 17.2. The van der Waals surface area contributed by atoms with Gasteiger partial charge in [-0.25, -0.2) is 4.79 Å². The summed E-state index contributed by atoms with van der Waals surface area (Å²) < 4.78 is 1.30. The van der Waals surface area contributed by atoms with Gasteiger partial charge >= 0.3 is 5.97 Å². The van der Waals surface area contributed by atoms with Crippen LogP contribution in [0.4, 0.5) is 0 Å². The number of hydrogen-bond donors (Lipinski definition) is 2. The van der Waals surface area contributed by atoms with Gasteiger partial charge in [-0.1, -0.05) is 18.2 Å². The third kappa shape index (κ3) is 3.18. The van der Waals surface area contributed by atoms with Crippen LogP contribution in [0.1, 0.15) is 45.4 Å². The van der Waals surface area contributed by atoms with Crippen molar-refractivity contribution in [1.29, 1.82) is 0 Å². The Bertz CT molecular complexity index is 866. The third-order valence-electron chi connectivity index (χ3n) is 4.26. The first kappa shape index (κ1) is 15.3. The first-order chi connectivity index (χ1) is 11.7. The Morgan fingerprint density at radius 1 is 1.21 bits per heavy atom. The van der Waals surface area contributed by atoms with Crippen LogP contribution < -0.4 is 5.32 Å². The predicted octanol–water partition coefficient (Wildman–Crippen LogP) is 4.16. The molecule has 2 aromatic heterocycles. The molecule has 0 atom stereocenters. The second kappa shape index (κ2) is 6.34. The van der Waals surface area contributed by atoms with Gasteiger partial charge in [-0.05, 0) is 42.5 Å². The summed E-state index contributed by atoms with van der Waals surface area (Å²) in [5.74, 6) is -0.548. The predicted molar refractivity (Wildman–Crippen MR) is 95.5 cm³/mol. The average Bonchev–Trinajstić information content (AvgIpc) is 3.34. The van der Waals surface area contributed by atoms with Gasteiger partial charge in [0.1, 0.15) is 0 Å². The Morgan fingerprint density at radius 3 is 2.79 bits per heavy atom. The molecule has 2 heterocycles. The molecule has 1 saturated carbocycles. The molecule has 0 bridgehead atoms. The molecule has 1 aliphatic rings. The number of rotatable bonds is 6. The van der Waals surface area contributed by atoms with Crippen LogP contribution in [-0.4, -0.2) is 16.1 Å². The number of hydrogen-bond acceptors (Lipinski definition) is 4. The van der Waals surface area contributed by atoms with Gasteiger partial charge in [0.2, 0.25) is 0 Å². The first-order valence-electron chi connectivity index (χ1n) is 8.12. The number of carbonyl (C=O) groups is 1. The SMILES string of the molecule is O=C(O)c1ccc(CNCc2cc3ccccc3s2)nc1C1CC1. The number of pyridine rings is 1. The maximum Gasteiger partial charge on any atom is 0.337 e. The molecule has 0 aliphatic heterocycles. The van der Waals surface area contributed by atoms with Crippen molar-refractivity contribution in [2.24, 2.45) is 0 Å². The number of fused-ring (bicyclic) bond motifs is 1. The summed E-state index contributed by atoms with van der Waals surface area (Å²) in [5.41, 5.74) is 2.01. The highest BCUT2D eigenvalue weighted by molar-refractivity contribution is 7.19. The third-order valence-corrected chi connectivity index (χ3v) is 5.37. The number of aromatic carboxylic acids is 1. The molecular weight excluding hydrogens is 320 g/mol. The van der Waals surface area contributed by atoms with E-state index >= 15 is 0 Å². The van der Waals surface area contributed by atoms with Gasteiger partial charge in [-0.15, -0.1) is 11.3 Å². The summed E-state index contributed by atoms with van der Waals surface area (Å²) in [7, 11) is 0. The Balaban J connectivity index is 1.44. The number of nitrogens with zero attached hydrogens (tertiary/aromatic N) is 1. The second-order valence-electron chi connectivity index (χ2n) is 6.17. The summed E-state index contributed by atoms with van der Waals surface area (Å²) in [6, 6.07) is 14.1. The molecular formula is C19H18N2O2S. The van der Waals surface area contributed by atoms with E-state index in [1.807, 2.05) is 6.07 Å². The van der Waals surface area contributed by atoms with Gasteiger partial charge in [-0.2, -0.15) is 0 Å². The van der Waals surface area contributed by atoms with Gasteiger partial charge in [0.05, 0.1) is 17.0 Å². The molecule has 0 unspecified atom stereocenters. The smallest absolute Gasteiger partial charge is 0.337 e. The molecule has 3 aromatic rings. The fourth-order valence-electron chi connectivity index (χ4n) is 2.90. The lowest BCUT2D eigenvalue weighted by Gasteiger charge is -2.08. The van der Waals surface area contributed by atoms with Crippen LogP contribution >= 0.6 is 11.3 Å². The lowest BCUT2D eigenvalue weighted by molar-refractivity contribution is 0.0695. The summed E-state index contributed by atoms with van der Waals surface area (Å²) in [6.45, 7) is 1.44.